The van der Waals surface area contributed by atoms with Gasteiger partial charge in [-0.2, -0.15) is 0 Å². The number of carboxylic acids is 1. The van der Waals surface area contributed by atoms with Gasteiger partial charge in [0, 0.05) is 0 Å². The highest BCUT2D eigenvalue weighted by molar-refractivity contribution is 5.73. The summed E-state index contributed by atoms with van der Waals surface area (Å²) >= 11 is 0. The zero-order valence-electron chi connectivity index (χ0n) is 16.5. The van der Waals surface area contributed by atoms with Crippen LogP contribution in [0.4, 0.5) is 0 Å². The Kier molecular flexibility index (Phi) is 7.03. The molecule has 0 saturated carbocycles. The van der Waals surface area contributed by atoms with Crippen LogP contribution in [0.25, 0.3) is 0 Å². The van der Waals surface area contributed by atoms with Crippen LogP contribution in [0.2, 0.25) is 0 Å². The van der Waals surface area contributed by atoms with Gasteiger partial charge in [-0.05, 0) is 47.5 Å². The van der Waals surface area contributed by atoms with Crippen LogP contribution in [0, 0.1) is 5.92 Å². The van der Waals surface area contributed by atoms with Gasteiger partial charge in [-0.1, -0.05) is 13.8 Å². The number of rotatable bonds is 7. The molecule has 25 heavy (non-hydrogen) atoms. The summed E-state index contributed by atoms with van der Waals surface area (Å²) in [6.45, 7) is 14.6. The molecule has 0 aromatic carbocycles. The van der Waals surface area contributed by atoms with E-state index in [2.05, 4.69) is 0 Å². The minimum atomic E-state index is -1.41. The monoisotopic (exact) mass is 362 g/mol. The first-order chi connectivity index (χ1) is 11.2. The van der Waals surface area contributed by atoms with E-state index in [1.54, 1.807) is 13.8 Å². The molecule has 1 heterocycles. The Balaban J connectivity index is 3.12. The molecule has 0 aromatic heterocycles. The summed E-state index contributed by atoms with van der Waals surface area (Å²) in [4.78, 5) is 11.7. The van der Waals surface area contributed by atoms with E-state index in [0.29, 0.717) is 0 Å². The van der Waals surface area contributed by atoms with Gasteiger partial charge < -0.3 is 29.5 Å². The summed E-state index contributed by atoms with van der Waals surface area (Å²) in [6, 6.07) is 0. The average Bonchev–Trinajstić information content (AvgIpc) is 2.41. The lowest BCUT2D eigenvalue weighted by atomic mass is 9.85. The van der Waals surface area contributed by atoms with E-state index in [1.165, 1.54) is 0 Å². The molecule has 0 aromatic rings. The highest BCUT2D eigenvalue weighted by atomic mass is 16.6. The Labute approximate surface area is 150 Å². The molecule has 1 rings (SSSR count). The third kappa shape index (κ3) is 5.14. The molecule has 1 saturated heterocycles. The molecule has 0 radical (unpaired) electrons. The van der Waals surface area contributed by atoms with Crippen LogP contribution in [-0.4, -0.2) is 69.1 Å². The molecule has 0 amide bonds. The SMILES string of the molecule is CC(C)OC(C)(C)[C@@H]1O[C@H](C(=O)O)[C@@H](OC(C)(C)C(C)C)[C@H](O)[C@@H]1O. The molecule has 3 N–H and O–H groups in total. The van der Waals surface area contributed by atoms with E-state index in [4.69, 9.17) is 14.2 Å². The Morgan fingerprint density at radius 2 is 1.56 bits per heavy atom. The first kappa shape index (κ1) is 22.3. The molecule has 0 aliphatic carbocycles. The minimum Gasteiger partial charge on any atom is -0.479 e. The van der Waals surface area contributed by atoms with Crippen molar-refractivity contribution in [1.82, 2.24) is 0 Å². The zero-order chi connectivity index (χ0) is 19.7. The van der Waals surface area contributed by atoms with Crippen molar-refractivity contribution in [3.8, 4) is 0 Å². The normalized spacial score (nSPS) is 31.6. The van der Waals surface area contributed by atoms with Gasteiger partial charge in [0.2, 0.25) is 0 Å². The zero-order valence-corrected chi connectivity index (χ0v) is 16.5. The lowest BCUT2D eigenvalue weighted by Gasteiger charge is -2.49. The second kappa shape index (κ2) is 7.88. The fourth-order valence-corrected chi connectivity index (χ4v) is 2.94. The number of aliphatic hydroxyl groups excluding tert-OH is 2. The van der Waals surface area contributed by atoms with Crippen LogP contribution >= 0.6 is 0 Å². The van der Waals surface area contributed by atoms with E-state index in [1.807, 2.05) is 41.5 Å². The molecule has 0 spiro atoms. The molecular formula is C18H34O7. The summed E-state index contributed by atoms with van der Waals surface area (Å²) in [5.74, 6) is -1.18. The number of hydrogen-bond acceptors (Lipinski definition) is 6. The quantitative estimate of drug-likeness (QED) is 0.631. The van der Waals surface area contributed by atoms with Crippen molar-refractivity contribution in [2.24, 2.45) is 5.92 Å². The molecule has 7 nitrogen and oxygen atoms in total. The average molecular weight is 362 g/mol. The van der Waals surface area contributed by atoms with E-state index < -0.39 is 47.7 Å². The fourth-order valence-electron chi connectivity index (χ4n) is 2.94. The lowest BCUT2D eigenvalue weighted by molar-refractivity contribution is -0.292. The summed E-state index contributed by atoms with van der Waals surface area (Å²) in [5, 5.41) is 30.7. The maximum atomic E-state index is 11.7. The van der Waals surface area contributed by atoms with Gasteiger partial charge in [-0.3, -0.25) is 0 Å². The second-order valence-corrected chi connectivity index (χ2v) is 8.41. The van der Waals surface area contributed by atoms with Crippen molar-refractivity contribution in [3.63, 3.8) is 0 Å². The number of ether oxygens (including phenoxy) is 3. The number of aliphatic carboxylic acids is 1. The third-order valence-corrected chi connectivity index (χ3v) is 4.89. The predicted molar refractivity (Wildman–Crippen MR) is 92.4 cm³/mol. The Hall–Kier alpha value is -0.730. The van der Waals surface area contributed by atoms with Gasteiger partial charge >= 0.3 is 5.97 Å². The molecular weight excluding hydrogens is 328 g/mol. The molecule has 7 heteroatoms. The van der Waals surface area contributed by atoms with Crippen molar-refractivity contribution in [1.29, 1.82) is 0 Å². The van der Waals surface area contributed by atoms with Crippen LogP contribution in [0.3, 0.4) is 0 Å². The van der Waals surface area contributed by atoms with Crippen molar-refractivity contribution in [3.05, 3.63) is 0 Å². The summed E-state index contributed by atoms with van der Waals surface area (Å²) in [7, 11) is 0. The Morgan fingerprint density at radius 1 is 1.04 bits per heavy atom. The first-order valence-electron chi connectivity index (χ1n) is 8.80. The molecule has 0 unspecified atom stereocenters. The Morgan fingerprint density at radius 3 is 1.96 bits per heavy atom. The van der Waals surface area contributed by atoms with Crippen LogP contribution < -0.4 is 0 Å². The smallest absolute Gasteiger partial charge is 0.335 e. The van der Waals surface area contributed by atoms with Crippen LogP contribution in [0.5, 0.6) is 0 Å². The van der Waals surface area contributed by atoms with Crippen LogP contribution in [-0.2, 0) is 19.0 Å². The minimum absolute atomic E-state index is 0.0738. The van der Waals surface area contributed by atoms with E-state index >= 15 is 0 Å². The van der Waals surface area contributed by atoms with E-state index in [-0.39, 0.29) is 12.0 Å². The lowest BCUT2D eigenvalue weighted by Crippen LogP contribution is -2.67. The largest absolute Gasteiger partial charge is 0.479 e. The van der Waals surface area contributed by atoms with Gasteiger partial charge in [-0.15, -0.1) is 0 Å². The van der Waals surface area contributed by atoms with Crippen molar-refractivity contribution < 1.29 is 34.3 Å². The molecule has 148 valence electrons. The van der Waals surface area contributed by atoms with Gasteiger partial charge in [-0.25, -0.2) is 4.79 Å². The molecule has 0 bridgehead atoms. The van der Waals surface area contributed by atoms with E-state index in [9.17, 15) is 20.1 Å². The van der Waals surface area contributed by atoms with Crippen molar-refractivity contribution >= 4 is 5.97 Å². The van der Waals surface area contributed by atoms with Gasteiger partial charge in [0.25, 0.3) is 0 Å². The molecule has 5 atom stereocenters. The number of carboxylic acid groups (broad SMARTS) is 1. The van der Waals surface area contributed by atoms with Crippen molar-refractivity contribution in [2.45, 2.75) is 103 Å². The number of hydrogen-bond donors (Lipinski definition) is 3. The third-order valence-electron chi connectivity index (χ3n) is 4.89. The summed E-state index contributed by atoms with van der Waals surface area (Å²) in [5.41, 5.74) is -1.68. The maximum absolute atomic E-state index is 11.7. The fraction of sp³-hybridized carbons (Fsp3) is 0.944. The highest BCUT2D eigenvalue weighted by Gasteiger charge is 2.54. The molecule has 1 aliphatic heterocycles. The summed E-state index contributed by atoms with van der Waals surface area (Å²) in [6.07, 6.45) is -6.49. The standard InChI is InChI=1S/C18H34O7/c1-9(2)17(5,6)25-13-11(19)12(20)15(23-14(13)16(21)22)18(7,8)24-10(3)4/h9-15,19-20H,1-8H3,(H,21,22)/t11-,12+,13+,14+,15-/m1/s1. The van der Waals surface area contributed by atoms with Crippen molar-refractivity contribution in [2.75, 3.05) is 0 Å². The van der Waals surface area contributed by atoms with E-state index in [0.717, 1.165) is 0 Å². The Bertz CT molecular complexity index is 458. The highest BCUT2D eigenvalue weighted by Crippen LogP contribution is 2.35. The molecule has 1 aliphatic rings. The second-order valence-electron chi connectivity index (χ2n) is 8.41. The number of aliphatic hydroxyl groups is 2. The number of carbonyl (C=O) groups is 1. The topological polar surface area (TPSA) is 105 Å². The first-order valence-corrected chi connectivity index (χ1v) is 8.80. The van der Waals surface area contributed by atoms with Gasteiger partial charge in [0.1, 0.15) is 24.4 Å². The summed E-state index contributed by atoms with van der Waals surface area (Å²) < 4.78 is 17.3. The van der Waals surface area contributed by atoms with Crippen LogP contribution in [0.15, 0.2) is 0 Å². The van der Waals surface area contributed by atoms with Crippen LogP contribution in [0.1, 0.15) is 55.4 Å². The molecule has 1 fully saturated rings. The predicted octanol–water partition coefficient (Wildman–Crippen LogP) is 1.58. The van der Waals surface area contributed by atoms with Gasteiger partial charge in [0.15, 0.2) is 6.10 Å². The maximum Gasteiger partial charge on any atom is 0.335 e. The van der Waals surface area contributed by atoms with Gasteiger partial charge in [0.05, 0.1) is 17.3 Å².